The zero-order valence-electron chi connectivity index (χ0n) is 9.15. The molecule has 0 saturated heterocycles. The van der Waals surface area contributed by atoms with Crippen LogP contribution in [0.1, 0.15) is 0 Å². The standard InChI is InChI=1S/C13H8BrClN2S/c14-7-1-4-11-12(5-7)18-13(17-11)9-6-8(15)2-3-10(9)16/h1-6H,16H2. The zero-order valence-corrected chi connectivity index (χ0v) is 12.3. The molecule has 0 amide bonds. The minimum Gasteiger partial charge on any atom is -0.398 e. The van der Waals surface area contributed by atoms with Crippen molar-refractivity contribution in [1.82, 2.24) is 4.98 Å². The Morgan fingerprint density at radius 3 is 2.83 bits per heavy atom. The smallest absolute Gasteiger partial charge is 0.126 e. The predicted octanol–water partition coefficient (Wildman–Crippen LogP) is 4.96. The van der Waals surface area contributed by atoms with Crippen LogP contribution in [-0.2, 0) is 0 Å². The van der Waals surface area contributed by atoms with Crippen LogP contribution in [0.2, 0.25) is 5.02 Å². The van der Waals surface area contributed by atoms with E-state index in [9.17, 15) is 0 Å². The highest BCUT2D eigenvalue weighted by atomic mass is 79.9. The molecule has 0 aliphatic heterocycles. The van der Waals surface area contributed by atoms with Crippen molar-refractivity contribution < 1.29 is 0 Å². The first-order valence-electron chi connectivity index (χ1n) is 5.25. The fourth-order valence-corrected chi connectivity index (χ4v) is 3.46. The summed E-state index contributed by atoms with van der Waals surface area (Å²) in [7, 11) is 0. The summed E-state index contributed by atoms with van der Waals surface area (Å²) in [5, 5.41) is 1.56. The largest absolute Gasteiger partial charge is 0.398 e. The molecule has 1 heterocycles. The van der Waals surface area contributed by atoms with Gasteiger partial charge in [0.2, 0.25) is 0 Å². The number of hydrogen-bond donors (Lipinski definition) is 1. The van der Waals surface area contributed by atoms with Gasteiger partial charge in [-0.25, -0.2) is 4.98 Å². The first-order valence-corrected chi connectivity index (χ1v) is 7.24. The number of anilines is 1. The highest BCUT2D eigenvalue weighted by Gasteiger charge is 2.10. The Morgan fingerprint density at radius 2 is 2.00 bits per heavy atom. The Kier molecular flexibility index (Phi) is 3.01. The zero-order chi connectivity index (χ0) is 12.7. The second kappa shape index (κ2) is 4.53. The van der Waals surface area contributed by atoms with Gasteiger partial charge in [0.15, 0.2) is 0 Å². The summed E-state index contributed by atoms with van der Waals surface area (Å²) >= 11 is 11.1. The van der Waals surface area contributed by atoms with E-state index in [1.165, 1.54) is 0 Å². The average Bonchev–Trinajstić information content (AvgIpc) is 2.74. The first-order chi connectivity index (χ1) is 8.63. The van der Waals surface area contributed by atoms with Gasteiger partial charge in [-0.2, -0.15) is 0 Å². The maximum absolute atomic E-state index is 6.00. The van der Waals surface area contributed by atoms with E-state index in [-0.39, 0.29) is 0 Å². The number of hydrogen-bond acceptors (Lipinski definition) is 3. The lowest BCUT2D eigenvalue weighted by molar-refractivity contribution is 1.47. The lowest BCUT2D eigenvalue weighted by Gasteiger charge is -2.01. The van der Waals surface area contributed by atoms with E-state index < -0.39 is 0 Å². The number of nitrogens with zero attached hydrogens (tertiary/aromatic N) is 1. The third-order valence-electron chi connectivity index (χ3n) is 2.60. The van der Waals surface area contributed by atoms with Crippen molar-refractivity contribution >= 4 is 54.8 Å². The number of aromatic nitrogens is 1. The maximum atomic E-state index is 6.00. The van der Waals surface area contributed by atoms with Crippen molar-refractivity contribution in [2.75, 3.05) is 5.73 Å². The lowest BCUT2D eigenvalue weighted by atomic mass is 10.2. The lowest BCUT2D eigenvalue weighted by Crippen LogP contribution is -1.88. The Hall–Kier alpha value is -1.10. The molecule has 3 rings (SSSR count). The number of nitrogen functional groups attached to an aromatic ring is 1. The number of rotatable bonds is 1. The van der Waals surface area contributed by atoms with Crippen LogP contribution >= 0.6 is 38.9 Å². The average molecular weight is 340 g/mol. The number of nitrogens with two attached hydrogens (primary N) is 1. The summed E-state index contributed by atoms with van der Waals surface area (Å²) in [6, 6.07) is 11.5. The number of thiazole rings is 1. The second-order valence-corrected chi connectivity index (χ2v) is 6.25. The second-order valence-electron chi connectivity index (χ2n) is 3.86. The topological polar surface area (TPSA) is 38.9 Å². The molecule has 2 nitrogen and oxygen atoms in total. The van der Waals surface area contributed by atoms with Gasteiger partial charge in [0.25, 0.3) is 0 Å². The third kappa shape index (κ3) is 2.11. The van der Waals surface area contributed by atoms with Gasteiger partial charge in [0, 0.05) is 20.7 Å². The highest BCUT2D eigenvalue weighted by molar-refractivity contribution is 9.10. The third-order valence-corrected chi connectivity index (χ3v) is 4.38. The van der Waals surface area contributed by atoms with Gasteiger partial charge in [-0.3, -0.25) is 0 Å². The molecule has 5 heteroatoms. The van der Waals surface area contributed by atoms with Gasteiger partial charge >= 0.3 is 0 Å². The summed E-state index contributed by atoms with van der Waals surface area (Å²) in [4.78, 5) is 4.59. The molecule has 0 aliphatic rings. The van der Waals surface area contributed by atoms with Crippen molar-refractivity contribution in [3.8, 4) is 10.6 Å². The molecule has 0 saturated carbocycles. The molecule has 18 heavy (non-hydrogen) atoms. The van der Waals surface area contributed by atoms with Gasteiger partial charge < -0.3 is 5.73 Å². The minimum atomic E-state index is 0.666. The van der Waals surface area contributed by atoms with E-state index in [1.54, 1.807) is 23.5 Å². The quantitative estimate of drug-likeness (QED) is 0.636. The summed E-state index contributed by atoms with van der Waals surface area (Å²) in [5.41, 5.74) is 8.52. The van der Waals surface area contributed by atoms with Crippen LogP contribution in [0.3, 0.4) is 0 Å². The molecule has 0 bridgehead atoms. The summed E-state index contributed by atoms with van der Waals surface area (Å²) in [6.45, 7) is 0. The van der Waals surface area contributed by atoms with E-state index >= 15 is 0 Å². The first kappa shape index (κ1) is 12.0. The molecular formula is C13H8BrClN2S. The van der Waals surface area contributed by atoms with Crippen LogP contribution in [-0.4, -0.2) is 4.98 Å². The van der Waals surface area contributed by atoms with E-state index in [0.29, 0.717) is 10.7 Å². The molecule has 2 N–H and O–H groups in total. The van der Waals surface area contributed by atoms with Crippen LogP contribution in [0.5, 0.6) is 0 Å². The van der Waals surface area contributed by atoms with E-state index in [1.807, 2.05) is 18.2 Å². The number of fused-ring (bicyclic) bond motifs is 1. The fourth-order valence-electron chi connectivity index (χ4n) is 1.73. The van der Waals surface area contributed by atoms with Gasteiger partial charge in [-0.1, -0.05) is 27.5 Å². The van der Waals surface area contributed by atoms with Crippen molar-refractivity contribution in [3.05, 3.63) is 45.9 Å². The Morgan fingerprint density at radius 1 is 1.17 bits per heavy atom. The Bertz CT molecular complexity index is 739. The van der Waals surface area contributed by atoms with E-state index in [4.69, 9.17) is 17.3 Å². The Labute approximate surface area is 122 Å². The molecule has 0 fully saturated rings. The molecule has 0 radical (unpaired) electrons. The molecule has 90 valence electrons. The highest BCUT2D eigenvalue weighted by Crippen LogP contribution is 2.35. The molecule has 2 aromatic carbocycles. The molecule has 0 spiro atoms. The van der Waals surface area contributed by atoms with E-state index in [2.05, 4.69) is 27.0 Å². The normalized spacial score (nSPS) is 11.0. The fraction of sp³-hybridized carbons (Fsp3) is 0. The molecule has 0 aliphatic carbocycles. The van der Waals surface area contributed by atoms with Gasteiger partial charge in [-0.15, -0.1) is 11.3 Å². The molecular weight excluding hydrogens is 332 g/mol. The van der Waals surface area contributed by atoms with Gasteiger partial charge in [0.1, 0.15) is 5.01 Å². The number of benzene rings is 2. The molecule has 0 unspecified atom stereocenters. The summed E-state index contributed by atoms with van der Waals surface area (Å²) in [5.74, 6) is 0. The monoisotopic (exact) mass is 338 g/mol. The molecule has 1 aromatic heterocycles. The van der Waals surface area contributed by atoms with Crippen molar-refractivity contribution in [1.29, 1.82) is 0 Å². The SMILES string of the molecule is Nc1ccc(Cl)cc1-c1nc2ccc(Br)cc2s1. The minimum absolute atomic E-state index is 0.666. The van der Waals surface area contributed by atoms with Crippen LogP contribution < -0.4 is 5.73 Å². The van der Waals surface area contributed by atoms with E-state index in [0.717, 1.165) is 25.3 Å². The van der Waals surface area contributed by atoms with Gasteiger partial charge in [-0.05, 0) is 36.4 Å². The van der Waals surface area contributed by atoms with Crippen LogP contribution in [0, 0.1) is 0 Å². The number of halogens is 2. The maximum Gasteiger partial charge on any atom is 0.126 e. The van der Waals surface area contributed by atoms with Crippen LogP contribution in [0.15, 0.2) is 40.9 Å². The van der Waals surface area contributed by atoms with Gasteiger partial charge in [0.05, 0.1) is 10.2 Å². The van der Waals surface area contributed by atoms with Crippen LogP contribution in [0.4, 0.5) is 5.69 Å². The van der Waals surface area contributed by atoms with Crippen molar-refractivity contribution in [2.45, 2.75) is 0 Å². The van der Waals surface area contributed by atoms with Crippen molar-refractivity contribution in [3.63, 3.8) is 0 Å². The predicted molar refractivity (Wildman–Crippen MR) is 82.2 cm³/mol. The molecule has 3 aromatic rings. The summed E-state index contributed by atoms with van der Waals surface area (Å²) < 4.78 is 2.17. The Balaban J connectivity index is 2.22. The molecule has 0 atom stereocenters. The van der Waals surface area contributed by atoms with Crippen molar-refractivity contribution in [2.24, 2.45) is 0 Å². The van der Waals surface area contributed by atoms with Crippen LogP contribution in [0.25, 0.3) is 20.8 Å². The summed E-state index contributed by atoms with van der Waals surface area (Å²) in [6.07, 6.45) is 0.